The first-order chi connectivity index (χ1) is 9.83. The molecule has 0 fully saturated rings. The van der Waals surface area contributed by atoms with Crippen molar-refractivity contribution in [1.29, 1.82) is 0 Å². The van der Waals surface area contributed by atoms with Gasteiger partial charge in [-0.2, -0.15) is 0 Å². The molecule has 21 heavy (non-hydrogen) atoms. The molecule has 0 saturated carbocycles. The second-order valence-corrected chi connectivity index (χ2v) is 7.78. The lowest BCUT2D eigenvalue weighted by atomic mass is 10.2. The van der Waals surface area contributed by atoms with Crippen LogP contribution in [0.1, 0.15) is 20.9 Å². The predicted octanol–water partition coefficient (Wildman–Crippen LogP) is 2.47. The molecule has 0 aliphatic heterocycles. The number of sulfonamides is 1. The normalized spacial score (nSPS) is 11.8. The Kier molecular flexibility index (Phi) is 4.77. The highest BCUT2D eigenvalue weighted by molar-refractivity contribution is 7.89. The van der Waals surface area contributed by atoms with E-state index in [0.717, 1.165) is 27.5 Å². The van der Waals surface area contributed by atoms with Crippen LogP contribution in [0, 0.1) is 19.7 Å². The third kappa shape index (κ3) is 3.68. The summed E-state index contributed by atoms with van der Waals surface area (Å²) in [5, 5.41) is 8.91. The Labute approximate surface area is 127 Å². The molecular formula is C14H16FNO3S2. The van der Waals surface area contributed by atoms with Crippen LogP contribution in [0.25, 0.3) is 0 Å². The zero-order valence-electron chi connectivity index (χ0n) is 11.7. The minimum atomic E-state index is -3.92. The van der Waals surface area contributed by atoms with Crippen LogP contribution < -0.4 is 4.72 Å². The van der Waals surface area contributed by atoms with Gasteiger partial charge >= 0.3 is 0 Å². The number of aryl methyl sites for hydroxylation is 2. The van der Waals surface area contributed by atoms with Crippen LogP contribution in [0.2, 0.25) is 0 Å². The Balaban J connectivity index is 2.18. The molecule has 0 amide bonds. The molecule has 4 nitrogen and oxygen atoms in total. The molecule has 114 valence electrons. The Morgan fingerprint density at radius 1 is 1.29 bits per heavy atom. The van der Waals surface area contributed by atoms with Gasteiger partial charge in [0.2, 0.25) is 10.0 Å². The molecule has 2 aromatic rings. The second-order valence-electron chi connectivity index (χ2n) is 4.70. The summed E-state index contributed by atoms with van der Waals surface area (Å²) < 4.78 is 40.4. The lowest BCUT2D eigenvalue weighted by Gasteiger charge is -2.07. The van der Waals surface area contributed by atoms with E-state index in [1.54, 1.807) is 0 Å². The summed E-state index contributed by atoms with van der Waals surface area (Å²) in [5.74, 6) is -0.868. The minimum absolute atomic E-state index is 0.128. The zero-order valence-corrected chi connectivity index (χ0v) is 13.3. The molecule has 0 spiro atoms. The van der Waals surface area contributed by atoms with Gasteiger partial charge < -0.3 is 5.11 Å². The molecule has 0 atom stereocenters. The van der Waals surface area contributed by atoms with Crippen LogP contribution in [-0.2, 0) is 23.2 Å². The Bertz CT molecular complexity index is 734. The number of thiophene rings is 1. The van der Waals surface area contributed by atoms with Crippen molar-refractivity contribution in [3.05, 3.63) is 51.0 Å². The van der Waals surface area contributed by atoms with E-state index in [0.29, 0.717) is 5.56 Å². The van der Waals surface area contributed by atoms with E-state index >= 15 is 0 Å². The zero-order chi connectivity index (χ0) is 15.6. The van der Waals surface area contributed by atoms with Crippen molar-refractivity contribution in [3.63, 3.8) is 0 Å². The molecule has 2 N–H and O–H groups in total. The quantitative estimate of drug-likeness (QED) is 0.885. The molecule has 0 saturated heterocycles. The number of rotatable bonds is 5. The average molecular weight is 329 g/mol. The monoisotopic (exact) mass is 329 g/mol. The van der Waals surface area contributed by atoms with Crippen molar-refractivity contribution in [2.45, 2.75) is 31.9 Å². The standard InChI is InChI=1S/C14H16FNO3S2/c1-9-5-12(20-10(9)2)7-16-21(18,19)14-4-3-11(8-17)6-13(14)15/h3-6,16-17H,7-8H2,1-2H3. The summed E-state index contributed by atoms with van der Waals surface area (Å²) in [5.41, 5.74) is 1.43. The smallest absolute Gasteiger partial charge is 0.243 e. The average Bonchev–Trinajstić information content (AvgIpc) is 2.75. The fourth-order valence-corrected chi connectivity index (χ4v) is 3.99. The largest absolute Gasteiger partial charge is 0.392 e. The van der Waals surface area contributed by atoms with Crippen molar-refractivity contribution in [2.75, 3.05) is 0 Å². The van der Waals surface area contributed by atoms with Crippen molar-refractivity contribution in [2.24, 2.45) is 0 Å². The molecular weight excluding hydrogens is 313 g/mol. The summed E-state index contributed by atoms with van der Waals surface area (Å²) in [6, 6.07) is 5.48. The highest BCUT2D eigenvalue weighted by Crippen LogP contribution is 2.21. The molecule has 0 aliphatic carbocycles. The molecule has 1 aromatic carbocycles. The first-order valence-electron chi connectivity index (χ1n) is 6.28. The van der Waals surface area contributed by atoms with Crippen molar-refractivity contribution < 1.29 is 17.9 Å². The SMILES string of the molecule is Cc1cc(CNS(=O)(=O)c2ccc(CO)cc2F)sc1C. The molecule has 1 aromatic heterocycles. The minimum Gasteiger partial charge on any atom is -0.392 e. The molecule has 0 bridgehead atoms. The number of halogens is 1. The third-order valence-electron chi connectivity index (χ3n) is 3.12. The summed E-state index contributed by atoms with van der Waals surface area (Å²) in [7, 11) is -3.92. The highest BCUT2D eigenvalue weighted by atomic mass is 32.2. The van der Waals surface area contributed by atoms with E-state index in [9.17, 15) is 12.8 Å². The molecule has 1 heterocycles. The predicted molar refractivity (Wildman–Crippen MR) is 80.1 cm³/mol. The van der Waals surface area contributed by atoms with Crippen molar-refractivity contribution in [3.8, 4) is 0 Å². The lowest BCUT2D eigenvalue weighted by molar-refractivity contribution is 0.281. The molecule has 0 unspecified atom stereocenters. The third-order valence-corrected chi connectivity index (χ3v) is 5.71. The van der Waals surface area contributed by atoms with Gasteiger partial charge in [0.15, 0.2) is 0 Å². The number of aliphatic hydroxyl groups excluding tert-OH is 1. The van der Waals surface area contributed by atoms with Gasteiger partial charge in [0.25, 0.3) is 0 Å². The van der Waals surface area contributed by atoms with Crippen LogP contribution >= 0.6 is 11.3 Å². The Morgan fingerprint density at radius 2 is 2.00 bits per heavy atom. The molecule has 7 heteroatoms. The van der Waals surface area contributed by atoms with E-state index in [-0.39, 0.29) is 13.2 Å². The highest BCUT2D eigenvalue weighted by Gasteiger charge is 2.19. The Morgan fingerprint density at radius 3 is 2.52 bits per heavy atom. The van der Waals surface area contributed by atoms with E-state index < -0.39 is 20.7 Å². The Hall–Kier alpha value is -1.28. The maximum Gasteiger partial charge on any atom is 0.243 e. The van der Waals surface area contributed by atoms with E-state index in [4.69, 9.17) is 5.11 Å². The maximum atomic E-state index is 13.8. The van der Waals surface area contributed by atoms with Gasteiger partial charge in [-0.1, -0.05) is 6.07 Å². The summed E-state index contributed by atoms with van der Waals surface area (Å²) in [4.78, 5) is 1.59. The molecule has 0 radical (unpaired) electrons. The maximum absolute atomic E-state index is 13.8. The fourth-order valence-electron chi connectivity index (χ4n) is 1.84. The van der Waals surface area contributed by atoms with E-state index in [1.165, 1.54) is 17.4 Å². The first kappa shape index (κ1) is 16.1. The van der Waals surface area contributed by atoms with Crippen LogP contribution in [0.5, 0.6) is 0 Å². The van der Waals surface area contributed by atoms with Gasteiger partial charge in [0.1, 0.15) is 10.7 Å². The number of hydrogen-bond acceptors (Lipinski definition) is 4. The summed E-state index contributed by atoms with van der Waals surface area (Å²) in [6.07, 6.45) is 0. The summed E-state index contributed by atoms with van der Waals surface area (Å²) >= 11 is 1.51. The van der Waals surface area contributed by atoms with Gasteiger partial charge in [-0.05, 0) is 43.2 Å². The number of hydrogen-bond donors (Lipinski definition) is 2. The van der Waals surface area contributed by atoms with Crippen molar-refractivity contribution >= 4 is 21.4 Å². The van der Waals surface area contributed by atoms with Crippen LogP contribution in [0.4, 0.5) is 4.39 Å². The fraction of sp³-hybridized carbons (Fsp3) is 0.286. The second kappa shape index (κ2) is 6.23. The molecule has 0 aliphatic rings. The number of aliphatic hydroxyl groups is 1. The first-order valence-corrected chi connectivity index (χ1v) is 8.58. The van der Waals surface area contributed by atoms with Gasteiger partial charge in [-0.15, -0.1) is 11.3 Å². The van der Waals surface area contributed by atoms with Gasteiger partial charge in [-0.25, -0.2) is 17.5 Å². The number of benzene rings is 1. The van der Waals surface area contributed by atoms with Gasteiger partial charge in [0.05, 0.1) is 6.61 Å². The van der Waals surface area contributed by atoms with E-state index in [2.05, 4.69) is 4.72 Å². The van der Waals surface area contributed by atoms with Crippen LogP contribution in [0.15, 0.2) is 29.2 Å². The van der Waals surface area contributed by atoms with Crippen LogP contribution in [-0.4, -0.2) is 13.5 Å². The van der Waals surface area contributed by atoms with Crippen molar-refractivity contribution in [1.82, 2.24) is 4.72 Å². The lowest BCUT2D eigenvalue weighted by Crippen LogP contribution is -2.23. The van der Waals surface area contributed by atoms with E-state index in [1.807, 2.05) is 19.9 Å². The van der Waals surface area contributed by atoms with Crippen LogP contribution in [0.3, 0.4) is 0 Å². The summed E-state index contributed by atoms with van der Waals surface area (Å²) in [6.45, 7) is 3.71. The van der Waals surface area contributed by atoms with Gasteiger partial charge in [-0.3, -0.25) is 0 Å². The topological polar surface area (TPSA) is 66.4 Å². The van der Waals surface area contributed by atoms with Gasteiger partial charge in [0, 0.05) is 16.3 Å². The number of nitrogens with one attached hydrogen (secondary N) is 1. The molecule has 2 rings (SSSR count).